The molecule has 2 heterocycles. The number of rotatable bonds is 8. The average Bonchev–Trinajstić information content (AvgIpc) is 3.30. The zero-order valence-corrected chi connectivity index (χ0v) is 16.3. The van der Waals surface area contributed by atoms with E-state index in [1.807, 2.05) is 24.3 Å². The van der Waals surface area contributed by atoms with E-state index >= 15 is 0 Å². The molecule has 7 nitrogen and oxygen atoms in total. The van der Waals surface area contributed by atoms with Crippen molar-refractivity contribution in [1.29, 1.82) is 0 Å². The third kappa shape index (κ3) is 5.40. The Morgan fingerprint density at radius 1 is 1.37 bits per heavy atom. The SMILES string of the molecule is COc1ccc(-c2nc(C[S@](=O)CC(=O)NC[C@@H]3CCCO3)c(C)o2)cc1. The summed E-state index contributed by atoms with van der Waals surface area (Å²) in [7, 11) is 0.248. The fraction of sp³-hybridized carbons (Fsp3) is 0.474. The summed E-state index contributed by atoms with van der Waals surface area (Å²) in [5, 5.41) is 2.79. The van der Waals surface area contributed by atoms with Crippen molar-refractivity contribution in [2.24, 2.45) is 0 Å². The molecule has 3 rings (SSSR count). The van der Waals surface area contributed by atoms with E-state index in [1.165, 1.54) is 0 Å². The molecule has 0 spiro atoms. The first-order valence-corrected chi connectivity index (χ1v) is 10.4. The molecule has 146 valence electrons. The van der Waals surface area contributed by atoms with Crippen molar-refractivity contribution in [1.82, 2.24) is 10.3 Å². The largest absolute Gasteiger partial charge is 0.497 e. The molecular weight excluding hydrogens is 368 g/mol. The van der Waals surface area contributed by atoms with Crippen LogP contribution in [0.25, 0.3) is 11.5 Å². The van der Waals surface area contributed by atoms with Gasteiger partial charge in [-0.25, -0.2) is 4.98 Å². The quantitative estimate of drug-likeness (QED) is 0.741. The zero-order chi connectivity index (χ0) is 19.2. The van der Waals surface area contributed by atoms with Gasteiger partial charge in [0.1, 0.15) is 17.3 Å². The van der Waals surface area contributed by atoms with Gasteiger partial charge in [0.15, 0.2) is 0 Å². The summed E-state index contributed by atoms with van der Waals surface area (Å²) < 4.78 is 28.6. The van der Waals surface area contributed by atoms with Crippen molar-refractivity contribution in [3.63, 3.8) is 0 Å². The number of carbonyl (C=O) groups excluding carboxylic acids is 1. The number of benzene rings is 1. The first kappa shape index (κ1) is 19.6. The topological polar surface area (TPSA) is 90.7 Å². The van der Waals surface area contributed by atoms with Crippen LogP contribution in [-0.4, -0.2) is 47.2 Å². The van der Waals surface area contributed by atoms with Gasteiger partial charge in [0, 0.05) is 29.5 Å². The van der Waals surface area contributed by atoms with Crippen molar-refractivity contribution in [3.8, 4) is 17.2 Å². The fourth-order valence-electron chi connectivity index (χ4n) is 2.85. The van der Waals surface area contributed by atoms with Crippen LogP contribution < -0.4 is 10.1 Å². The number of amides is 1. The minimum absolute atomic E-state index is 0.0586. The molecule has 1 aromatic heterocycles. The third-order valence-corrected chi connectivity index (χ3v) is 5.55. The van der Waals surface area contributed by atoms with Crippen molar-refractivity contribution in [3.05, 3.63) is 35.7 Å². The molecule has 0 bridgehead atoms. The number of aromatic nitrogens is 1. The second-order valence-electron chi connectivity index (χ2n) is 6.42. The first-order chi connectivity index (χ1) is 13.0. The third-order valence-electron chi connectivity index (χ3n) is 4.37. The Kier molecular flexibility index (Phi) is 6.63. The lowest BCUT2D eigenvalue weighted by molar-refractivity contribution is -0.119. The molecule has 27 heavy (non-hydrogen) atoms. The number of aryl methyl sites for hydroxylation is 1. The van der Waals surface area contributed by atoms with Crippen LogP contribution in [0.5, 0.6) is 5.75 Å². The molecule has 0 unspecified atom stereocenters. The predicted molar refractivity (Wildman–Crippen MR) is 102 cm³/mol. The highest BCUT2D eigenvalue weighted by Gasteiger charge is 2.19. The lowest BCUT2D eigenvalue weighted by atomic mass is 10.2. The molecule has 1 saturated heterocycles. The van der Waals surface area contributed by atoms with Gasteiger partial charge in [-0.05, 0) is 44.0 Å². The van der Waals surface area contributed by atoms with Gasteiger partial charge in [0.05, 0.1) is 24.7 Å². The van der Waals surface area contributed by atoms with E-state index in [9.17, 15) is 9.00 Å². The molecule has 1 aliphatic heterocycles. The van der Waals surface area contributed by atoms with Crippen LogP contribution in [0.3, 0.4) is 0 Å². The molecule has 1 amide bonds. The average molecular weight is 392 g/mol. The van der Waals surface area contributed by atoms with E-state index in [0.717, 1.165) is 30.8 Å². The van der Waals surface area contributed by atoms with Crippen LogP contribution in [0.15, 0.2) is 28.7 Å². The highest BCUT2D eigenvalue weighted by atomic mass is 32.2. The van der Waals surface area contributed by atoms with Crippen LogP contribution >= 0.6 is 0 Å². The molecule has 2 atom stereocenters. The van der Waals surface area contributed by atoms with Gasteiger partial charge >= 0.3 is 0 Å². The summed E-state index contributed by atoms with van der Waals surface area (Å²) in [6, 6.07) is 7.35. The molecule has 1 fully saturated rings. The van der Waals surface area contributed by atoms with E-state index in [-0.39, 0.29) is 23.5 Å². The van der Waals surface area contributed by atoms with Crippen LogP contribution in [-0.2, 0) is 26.1 Å². The molecule has 0 saturated carbocycles. The Morgan fingerprint density at radius 2 is 2.15 bits per heavy atom. The number of nitrogens with zero attached hydrogens (tertiary/aromatic N) is 1. The number of hydrogen-bond acceptors (Lipinski definition) is 6. The first-order valence-electron chi connectivity index (χ1n) is 8.89. The maximum Gasteiger partial charge on any atom is 0.232 e. The predicted octanol–water partition coefficient (Wildman–Crippen LogP) is 2.20. The number of hydrogen-bond donors (Lipinski definition) is 1. The summed E-state index contributed by atoms with van der Waals surface area (Å²) in [6.45, 7) is 3.00. The monoisotopic (exact) mass is 392 g/mol. The van der Waals surface area contributed by atoms with E-state index in [2.05, 4.69) is 10.3 Å². The molecule has 0 aliphatic carbocycles. The Labute approximate surface area is 160 Å². The molecule has 1 aliphatic rings. The molecule has 1 aromatic carbocycles. The summed E-state index contributed by atoms with van der Waals surface area (Å²) in [6.07, 6.45) is 2.05. The van der Waals surface area contributed by atoms with E-state index in [1.54, 1.807) is 14.0 Å². The van der Waals surface area contributed by atoms with Gasteiger partial charge in [-0.15, -0.1) is 0 Å². The minimum Gasteiger partial charge on any atom is -0.497 e. The van der Waals surface area contributed by atoms with Crippen molar-refractivity contribution in [2.75, 3.05) is 26.0 Å². The van der Waals surface area contributed by atoms with E-state index in [0.29, 0.717) is 23.9 Å². The Balaban J connectivity index is 1.54. The number of methoxy groups -OCH3 is 1. The maximum absolute atomic E-state index is 12.3. The minimum atomic E-state index is -1.36. The number of carbonyl (C=O) groups is 1. The van der Waals surface area contributed by atoms with Crippen LogP contribution in [0.2, 0.25) is 0 Å². The Hall–Kier alpha value is -2.19. The Morgan fingerprint density at radius 3 is 2.81 bits per heavy atom. The highest BCUT2D eigenvalue weighted by Crippen LogP contribution is 2.24. The molecular formula is C19H24N2O5S. The number of oxazole rings is 1. The summed E-state index contributed by atoms with van der Waals surface area (Å²) in [5.41, 5.74) is 1.41. The second-order valence-corrected chi connectivity index (χ2v) is 7.88. The number of nitrogens with one attached hydrogen (secondary N) is 1. The van der Waals surface area contributed by atoms with Crippen molar-refractivity contribution in [2.45, 2.75) is 31.6 Å². The van der Waals surface area contributed by atoms with Gasteiger partial charge in [-0.3, -0.25) is 9.00 Å². The van der Waals surface area contributed by atoms with Gasteiger partial charge in [-0.1, -0.05) is 0 Å². The van der Waals surface area contributed by atoms with E-state index in [4.69, 9.17) is 13.9 Å². The molecule has 8 heteroatoms. The van der Waals surface area contributed by atoms with Crippen LogP contribution in [0, 0.1) is 6.92 Å². The summed E-state index contributed by atoms with van der Waals surface area (Å²) >= 11 is 0. The van der Waals surface area contributed by atoms with Gasteiger partial charge < -0.3 is 19.2 Å². The smallest absolute Gasteiger partial charge is 0.232 e. The van der Waals surface area contributed by atoms with Gasteiger partial charge in [-0.2, -0.15) is 0 Å². The van der Waals surface area contributed by atoms with Crippen molar-refractivity contribution < 1.29 is 22.9 Å². The van der Waals surface area contributed by atoms with Crippen molar-refractivity contribution >= 4 is 16.7 Å². The zero-order valence-electron chi connectivity index (χ0n) is 15.5. The molecule has 2 aromatic rings. The standard InChI is InChI=1S/C19H24N2O5S/c1-13-17(21-19(26-13)14-5-7-15(24-2)8-6-14)11-27(23)12-18(22)20-10-16-4-3-9-25-16/h5-8,16H,3-4,9-12H2,1-2H3,(H,20,22)/t16-,27-/m0/s1. The Bertz CT molecular complexity index is 797. The normalized spacial score (nSPS) is 17.6. The highest BCUT2D eigenvalue weighted by molar-refractivity contribution is 7.84. The van der Waals surface area contributed by atoms with Crippen LogP contribution in [0.1, 0.15) is 24.3 Å². The van der Waals surface area contributed by atoms with Gasteiger partial charge in [0.25, 0.3) is 0 Å². The number of ether oxygens (including phenoxy) is 2. The maximum atomic E-state index is 12.3. The van der Waals surface area contributed by atoms with Gasteiger partial charge in [0.2, 0.25) is 11.8 Å². The summed E-state index contributed by atoms with van der Waals surface area (Å²) in [4.78, 5) is 16.4. The van der Waals surface area contributed by atoms with E-state index < -0.39 is 10.8 Å². The molecule has 0 radical (unpaired) electrons. The van der Waals surface area contributed by atoms with Crippen LogP contribution in [0.4, 0.5) is 0 Å². The summed E-state index contributed by atoms with van der Waals surface area (Å²) in [5.74, 6) is 1.70. The fourth-order valence-corrected chi connectivity index (χ4v) is 3.92. The lowest BCUT2D eigenvalue weighted by Crippen LogP contribution is -2.34. The molecule has 1 N–H and O–H groups in total. The second kappa shape index (κ2) is 9.14. The lowest BCUT2D eigenvalue weighted by Gasteiger charge is -2.10.